The average Bonchev–Trinajstić information content (AvgIpc) is 2.95. The predicted molar refractivity (Wildman–Crippen MR) is 69.1 cm³/mol. The number of ether oxygens (including phenoxy) is 1. The summed E-state index contributed by atoms with van der Waals surface area (Å²) in [5, 5.41) is 14.8. The first kappa shape index (κ1) is 11.7. The van der Waals surface area contributed by atoms with Crippen LogP contribution < -0.4 is 4.74 Å². The number of aromatic carboxylic acids is 1. The fourth-order valence-electron chi connectivity index (χ4n) is 1.70. The summed E-state index contributed by atoms with van der Waals surface area (Å²) in [4.78, 5) is 15.2. The molecule has 3 heterocycles. The van der Waals surface area contributed by atoms with E-state index in [1.54, 1.807) is 22.3 Å². The zero-order chi connectivity index (χ0) is 13.4. The Balaban J connectivity index is 1.98. The van der Waals surface area contributed by atoms with Crippen molar-refractivity contribution >= 4 is 22.8 Å². The van der Waals surface area contributed by atoms with Gasteiger partial charge >= 0.3 is 5.97 Å². The largest absolute Gasteiger partial charge is 0.477 e. The van der Waals surface area contributed by atoms with E-state index in [9.17, 15) is 4.79 Å². The van der Waals surface area contributed by atoms with E-state index in [4.69, 9.17) is 9.84 Å². The standard InChI is InChI=1S/C12H9N3O3S/c1-7-4-9-11(13-2-3-15(9)14-7)18-8-5-10(12(16)17)19-6-8/h2-6H,1H3,(H,16,17). The van der Waals surface area contributed by atoms with Crippen molar-refractivity contribution in [3.8, 4) is 11.6 Å². The summed E-state index contributed by atoms with van der Waals surface area (Å²) in [5.74, 6) is -0.106. The summed E-state index contributed by atoms with van der Waals surface area (Å²) < 4.78 is 7.28. The third-order valence-electron chi connectivity index (χ3n) is 2.48. The zero-order valence-electron chi connectivity index (χ0n) is 9.90. The van der Waals surface area contributed by atoms with Gasteiger partial charge in [0.1, 0.15) is 16.1 Å². The number of carbonyl (C=O) groups is 1. The van der Waals surface area contributed by atoms with Gasteiger partial charge in [0.25, 0.3) is 0 Å². The number of thiophene rings is 1. The Hall–Kier alpha value is -2.41. The maximum Gasteiger partial charge on any atom is 0.346 e. The highest BCUT2D eigenvalue weighted by atomic mass is 32.1. The van der Waals surface area contributed by atoms with Crippen molar-refractivity contribution < 1.29 is 14.6 Å². The Kier molecular flexibility index (Phi) is 2.68. The first-order valence-electron chi connectivity index (χ1n) is 5.44. The Morgan fingerprint density at radius 1 is 1.47 bits per heavy atom. The van der Waals surface area contributed by atoms with E-state index in [0.717, 1.165) is 22.5 Å². The second-order valence-corrected chi connectivity index (χ2v) is 4.81. The van der Waals surface area contributed by atoms with Crippen LogP contribution in [0.5, 0.6) is 11.6 Å². The monoisotopic (exact) mass is 275 g/mol. The number of nitrogens with zero attached hydrogens (tertiary/aromatic N) is 3. The van der Waals surface area contributed by atoms with Crippen molar-refractivity contribution in [1.82, 2.24) is 14.6 Å². The molecule has 0 aliphatic carbocycles. The summed E-state index contributed by atoms with van der Waals surface area (Å²) >= 11 is 1.11. The smallest absolute Gasteiger partial charge is 0.346 e. The quantitative estimate of drug-likeness (QED) is 0.795. The van der Waals surface area contributed by atoms with Crippen LogP contribution >= 0.6 is 11.3 Å². The molecule has 0 bridgehead atoms. The van der Waals surface area contributed by atoms with Crippen LogP contribution in [0.2, 0.25) is 0 Å². The number of rotatable bonds is 3. The van der Waals surface area contributed by atoms with Crippen LogP contribution in [0.3, 0.4) is 0 Å². The summed E-state index contributed by atoms with van der Waals surface area (Å²) in [5.41, 5.74) is 1.59. The molecule has 7 heteroatoms. The van der Waals surface area contributed by atoms with Gasteiger partial charge < -0.3 is 9.84 Å². The third kappa shape index (κ3) is 2.15. The topological polar surface area (TPSA) is 76.7 Å². The van der Waals surface area contributed by atoms with Gasteiger partial charge in [-0.15, -0.1) is 11.3 Å². The summed E-state index contributed by atoms with van der Waals surface area (Å²) in [6, 6.07) is 3.33. The zero-order valence-corrected chi connectivity index (χ0v) is 10.7. The molecule has 3 aromatic heterocycles. The van der Waals surface area contributed by atoms with Crippen molar-refractivity contribution in [3.05, 3.63) is 40.5 Å². The molecule has 3 rings (SSSR count). The van der Waals surface area contributed by atoms with Crippen LogP contribution in [0.4, 0.5) is 0 Å². The number of aryl methyl sites for hydroxylation is 1. The molecule has 0 amide bonds. The molecule has 19 heavy (non-hydrogen) atoms. The van der Waals surface area contributed by atoms with E-state index in [1.165, 1.54) is 6.07 Å². The fourth-order valence-corrected chi connectivity index (χ4v) is 2.34. The van der Waals surface area contributed by atoms with Crippen molar-refractivity contribution in [2.24, 2.45) is 0 Å². The normalized spacial score (nSPS) is 10.8. The van der Waals surface area contributed by atoms with Gasteiger partial charge in [0, 0.05) is 23.8 Å². The summed E-state index contributed by atoms with van der Waals surface area (Å²) in [7, 11) is 0. The molecule has 0 atom stereocenters. The van der Waals surface area contributed by atoms with Crippen LogP contribution in [0, 0.1) is 6.92 Å². The maximum absolute atomic E-state index is 10.8. The first-order chi connectivity index (χ1) is 9.13. The summed E-state index contributed by atoms with van der Waals surface area (Å²) in [6.07, 6.45) is 3.31. The van der Waals surface area contributed by atoms with E-state index in [1.807, 2.05) is 13.0 Å². The van der Waals surface area contributed by atoms with Gasteiger partial charge in [-0.25, -0.2) is 14.3 Å². The molecule has 0 radical (unpaired) electrons. The van der Waals surface area contributed by atoms with Gasteiger partial charge in [0.05, 0.1) is 5.69 Å². The van der Waals surface area contributed by atoms with E-state index >= 15 is 0 Å². The number of fused-ring (bicyclic) bond motifs is 1. The van der Waals surface area contributed by atoms with Gasteiger partial charge in [-0.3, -0.25) is 0 Å². The fraction of sp³-hybridized carbons (Fsp3) is 0.0833. The molecule has 3 aromatic rings. The van der Waals surface area contributed by atoms with E-state index in [-0.39, 0.29) is 4.88 Å². The van der Waals surface area contributed by atoms with Gasteiger partial charge in [-0.05, 0) is 13.0 Å². The third-order valence-corrected chi connectivity index (χ3v) is 3.37. The lowest BCUT2D eigenvalue weighted by molar-refractivity contribution is 0.0702. The average molecular weight is 275 g/mol. The van der Waals surface area contributed by atoms with E-state index < -0.39 is 5.97 Å². The van der Waals surface area contributed by atoms with Crippen LogP contribution in [-0.2, 0) is 0 Å². The predicted octanol–water partition coefficient (Wildman–Crippen LogP) is 2.59. The second-order valence-electron chi connectivity index (χ2n) is 3.90. The second kappa shape index (κ2) is 4.36. The molecule has 0 saturated heterocycles. The van der Waals surface area contributed by atoms with Crippen molar-refractivity contribution in [3.63, 3.8) is 0 Å². The first-order valence-corrected chi connectivity index (χ1v) is 6.32. The Bertz CT molecular complexity index is 763. The van der Waals surface area contributed by atoms with Crippen LogP contribution in [0.15, 0.2) is 29.9 Å². The number of hydrogen-bond acceptors (Lipinski definition) is 5. The van der Waals surface area contributed by atoms with Crippen molar-refractivity contribution in [2.75, 3.05) is 0 Å². The number of carboxylic acid groups (broad SMARTS) is 1. The highest BCUT2D eigenvalue weighted by Gasteiger charge is 2.11. The van der Waals surface area contributed by atoms with Crippen molar-refractivity contribution in [2.45, 2.75) is 6.92 Å². The molecule has 1 N–H and O–H groups in total. The van der Waals surface area contributed by atoms with Crippen LogP contribution in [0.1, 0.15) is 15.4 Å². The van der Waals surface area contributed by atoms with E-state index in [2.05, 4.69) is 10.1 Å². The van der Waals surface area contributed by atoms with Gasteiger partial charge in [-0.2, -0.15) is 5.10 Å². The molecule has 0 aliphatic heterocycles. The molecule has 0 aliphatic rings. The minimum absolute atomic E-state index is 0.228. The highest BCUT2D eigenvalue weighted by Crippen LogP contribution is 2.28. The Morgan fingerprint density at radius 3 is 3.05 bits per heavy atom. The van der Waals surface area contributed by atoms with Gasteiger partial charge in [0.15, 0.2) is 0 Å². The number of hydrogen-bond donors (Lipinski definition) is 1. The van der Waals surface area contributed by atoms with Crippen LogP contribution in [0.25, 0.3) is 5.52 Å². The minimum Gasteiger partial charge on any atom is -0.477 e. The molecule has 0 saturated carbocycles. The molecule has 6 nitrogen and oxygen atoms in total. The lowest BCUT2D eigenvalue weighted by Crippen LogP contribution is -1.93. The van der Waals surface area contributed by atoms with E-state index in [0.29, 0.717) is 11.6 Å². The molecule has 0 spiro atoms. The SMILES string of the molecule is Cc1cc2c(Oc3csc(C(=O)O)c3)nccn2n1. The molecule has 0 aromatic carbocycles. The Morgan fingerprint density at radius 2 is 2.32 bits per heavy atom. The number of carboxylic acids is 1. The maximum atomic E-state index is 10.8. The summed E-state index contributed by atoms with van der Waals surface area (Å²) in [6.45, 7) is 1.88. The highest BCUT2D eigenvalue weighted by molar-refractivity contribution is 7.12. The lowest BCUT2D eigenvalue weighted by atomic mass is 10.4. The molecule has 0 unspecified atom stereocenters. The van der Waals surface area contributed by atoms with Crippen LogP contribution in [-0.4, -0.2) is 25.7 Å². The van der Waals surface area contributed by atoms with Crippen molar-refractivity contribution in [1.29, 1.82) is 0 Å². The molecular weight excluding hydrogens is 266 g/mol. The lowest BCUT2D eigenvalue weighted by Gasteiger charge is -2.02. The van der Waals surface area contributed by atoms with Gasteiger partial charge in [-0.1, -0.05) is 0 Å². The number of aromatic nitrogens is 3. The van der Waals surface area contributed by atoms with Gasteiger partial charge in [0.2, 0.25) is 5.88 Å². The minimum atomic E-state index is -0.966. The molecule has 96 valence electrons. The Labute approximate surface area is 111 Å². The molecular formula is C12H9N3O3S. The molecule has 0 fully saturated rings.